The van der Waals surface area contributed by atoms with E-state index in [1.807, 2.05) is 34.6 Å². The van der Waals surface area contributed by atoms with Crippen molar-refractivity contribution in [3.05, 3.63) is 27.8 Å². The minimum Gasteiger partial charge on any atom is -0.340 e. The summed E-state index contributed by atoms with van der Waals surface area (Å²) >= 11 is 0. The van der Waals surface area contributed by atoms with Gasteiger partial charge < -0.3 is 4.90 Å². The Morgan fingerprint density at radius 1 is 0.862 bits per heavy atom. The Morgan fingerprint density at radius 2 is 1.34 bits per heavy atom. The average Bonchev–Trinajstić information content (AvgIpc) is 3.04. The summed E-state index contributed by atoms with van der Waals surface area (Å²) in [4.78, 5) is 14.6. The molecule has 0 radical (unpaired) electrons. The molecule has 0 N–H and O–H groups in total. The number of rotatable bonds is 3. The lowest BCUT2D eigenvalue weighted by Crippen LogP contribution is -2.52. The number of hydrogen-bond acceptors (Lipinski definition) is 5. The van der Waals surface area contributed by atoms with E-state index in [2.05, 4.69) is 0 Å². The SMILES string of the molecule is Cc1c(C)c(C)c(S(=O)(=O)N2CCN(C(=O)C3CCS(=O)(=O)C3)CC2)c(C)c1C. The van der Waals surface area contributed by atoms with Gasteiger partial charge >= 0.3 is 0 Å². The summed E-state index contributed by atoms with van der Waals surface area (Å²) in [6.07, 6.45) is 0.361. The molecule has 7 nitrogen and oxygen atoms in total. The molecule has 29 heavy (non-hydrogen) atoms. The number of sulfonamides is 1. The van der Waals surface area contributed by atoms with E-state index in [0.717, 1.165) is 27.8 Å². The highest BCUT2D eigenvalue weighted by Crippen LogP contribution is 2.32. The topological polar surface area (TPSA) is 91.8 Å². The largest absolute Gasteiger partial charge is 0.340 e. The summed E-state index contributed by atoms with van der Waals surface area (Å²) in [5, 5.41) is 0. The predicted octanol–water partition coefficient (Wildman–Crippen LogP) is 1.50. The molecular weight excluding hydrogens is 412 g/mol. The van der Waals surface area contributed by atoms with Crippen LogP contribution in [0.4, 0.5) is 0 Å². The summed E-state index contributed by atoms with van der Waals surface area (Å²) in [5.41, 5.74) is 4.65. The number of benzene rings is 1. The van der Waals surface area contributed by atoms with Crippen molar-refractivity contribution in [1.29, 1.82) is 0 Å². The van der Waals surface area contributed by atoms with Gasteiger partial charge in [-0.15, -0.1) is 0 Å². The Kier molecular flexibility index (Phi) is 5.88. The van der Waals surface area contributed by atoms with E-state index < -0.39 is 25.8 Å². The van der Waals surface area contributed by atoms with Crippen LogP contribution in [0, 0.1) is 40.5 Å². The first-order valence-electron chi connectivity index (χ1n) is 9.93. The normalized spacial score (nSPS) is 22.8. The molecule has 2 aliphatic rings. The number of carbonyl (C=O) groups excluding carboxylic acids is 1. The standard InChI is InChI=1S/C20H30N2O5S2/c1-13-14(2)16(4)19(17(5)15(13)3)29(26,27)22-9-7-21(8-10-22)20(23)18-6-11-28(24,25)12-18/h18H,6-12H2,1-5H3. The van der Waals surface area contributed by atoms with Gasteiger partial charge in [-0.25, -0.2) is 16.8 Å². The van der Waals surface area contributed by atoms with Gasteiger partial charge in [-0.05, 0) is 68.9 Å². The molecule has 0 aliphatic carbocycles. The van der Waals surface area contributed by atoms with Crippen molar-refractivity contribution in [2.75, 3.05) is 37.7 Å². The lowest BCUT2D eigenvalue weighted by molar-refractivity contribution is -0.135. The van der Waals surface area contributed by atoms with Gasteiger partial charge in [0.2, 0.25) is 15.9 Å². The summed E-state index contributed by atoms with van der Waals surface area (Å²) in [6, 6.07) is 0. The lowest BCUT2D eigenvalue weighted by Gasteiger charge is -2.36. The second-order valence-corrected chi connectivity index (χ2v) is 12.4. The van der Waals surface area contributed by atoms with E-state index in [0.29, 0.717) is 11.3 Å². The van der Waals surface area contributed by atoms with Gasteiger partial charge in [0.15, 0.2) is 9.84 Å². The minimum absolute atomic E-state index is 0.0580. The molecular formula is C20H30N2O5S2. The number of sulfone groups is 1. The highest BCUT2D eigenvalue weighted by molar-refractivity contribution is 7.91. The van der Waals surface area contributed by atoms with Crippen LogP contribution in [0.1, 0.15) is 34.2 Å². The second-order valence-electron chi connectivity index (χ2n) is 8.28. The van der Waals surface area contributed by atoms with Crippen LogP contribution in [-0.2, 0) is 24.7 Å². The number of nitrogens with zero attached hydrogens (tertiary/aromatic N) is 2. The second kappa shape index (κ2) is 7.67. The fourth-order valence-corrected chi connectivity index (χ4v) is 8.09. The molecule has 1 atom stereocenters. The van der Waals surface area contributed by atoms with Crippen LogP contribution < -0.4 is 0 Å². The van der Waals surface area contributed by atoms with Gasteiger partial charge in [0, 0.05) is 26.2 Å². The maximum atomic E-state index is 13.4. The molecule has 0 spiro atoms. The first-order chi connectivity index (χ1) is 13.4. The maximum absolute atomic E-state index is 13.4. The third kappa shape index (κ3) is 3.96. The molecule has 1 aromatic carbocycles. The Balaban J connectivity index is 1.78. The Labute approximate surface area is 174 Å². The molecule has 1 aromatic rings. The molecule has 2 heterocycles. The third-order valence-electron chi connectivity index (χ3n) is 6.66. The average molecular weight is 443 g/mol. The maximum Gasteiger partial charge on any atom is 0.243 e. The van der Waals surface area contributed by atoms with Gasteiger partial charge in [-0.1, -0.05) is 0 Å². The van der Waals surface area contributed by atoms with Gasteiger partial charge in [0.25, 0.3) is 0 Å². The molecule has 1 unspecified atom stereocenters. The fraction of sp³-hybridized carbons (Fsp3) is 0.650. The molecule has 9 heteroatoms. The zero-order valence-corrected chi connectivity index (χ0v) is 19.4. The van der Waals surface area contributed by atoms with E-state index in [4.69, 9.17) is 0 Å². The van der Waals surface area contributed by atoms with Crippen molar-refractivity contribution in [2.45, 2.75) is 45.9 Å². The summed E-state index contributed by atoms with van der Waals surface area (Å²) in [7, 11) is -6.80. The van der Waals surface area contributed by atoms with Crippen LogP contribution in [0.3, 0.4) is 0 Å². The minimum atomic E-state index is -3.67. The van der Waals surface area contributed by atoms with Crippen LogP contribution in [0.5, 0.6) is 0 Å². The van der Waals surface area contributed by atoms with Crippen molar-refractivity contribution in [1.82, 2.24) is 9.21 Å². The van der Waals surface area contributed by atoms with E-state index in [9.17, 15) is 21.6 Å². The van der Waals surface area contributed by atoms with Crippen LogP contribution in [-0.4, -0.2) is 69.6 Å². The molecule has 1 amide bonds. The van der Waals surface area contributed by atoms with Crippen LogP contribution in [0.2, 0.25) is 0 Å². The number of carbonyl (C=O) groups is 1. The smallest absolute Gasteiger partial charge is 0.243 e. The number of amides is 1. The van der Waals surface area contributed by atoms with Gasteiger partial charge in [-0.3, -0.25) is 4.79 Å². The molecule has 3 rings (SSSR count). The van der Waals surface area contributed by atoms with Crippen molar-refractivity contribution in [2.24, 2.45) is 5.92 Å². The van der Waals surface area contributed by atoms with Gasteiger partial charge in [0.1, 0.15) is 0 Å². The van der Waals surface area contributed by atoms with Gasteiger partial charge in [-0.2, -0.15) is 4.31 Å². The Hall–Kier alpha value is -1.45. The predicted molar refractivity (Wildman–Crippen MR) is 112 cm³/mol. The molecule has 2 aliphatic heterocycles. The van der Waals surface area contributed by atoms with Crippen LogP contribution in [0.15, 0.2) is 4.90 Å². The highest BCUT2D eigenvalue weighted by Gasteiger charge is 2.38. The lowest BCUT2D eigenvalue weighted by atomic mass is 9.95. The Morgan fingerprint density at radius 3 is 1.79 bits per heavy atom. The first kappa shape index (κ1) is 22.2. The van der Waals surface area contributed by atoms with E-state index in [1.54, 1.807) is 4.90 Å². The zero-order chi connectivity index (χ0) is 21.7. The van der Waals surface area contributed by atoms with Crippen LogP contribution >= 0.6 is 0 Å². The summed E-state index contributed by atoms with van der Waals surface area (Å²) < 4.78 is 51.6. The third-order valence-corrected chi connectivity index (χ3v) is 10.6. The van der Waals surface area contributed by atoms with E-state index in [-0.39, 0.29) is 43.6 Å². The van der Waals surface area contributed by atoms with E-state index in [1.165, 1.54) is 4.31 Å². The summed E-state index contributed by atoms with van der Waals surface area (Å²) in [6.45, 7) is 10.6. The molecule has 2 saturated heterocycles. The fourth-order valence-electron chi connectivity index (χ4n) is 4.38. The van der Waals surface area contributed by atoms with Crippen molar-refractivity contribution in [3.8, 4) is 0 Å². The number of piperazine rings is 1. The highest BCUT2D eigenvalue weighted by atomic mass is 32.2. The molecule has 0 saturated carbocycles. The molecule has 162 valence electrons. The Bertz CT molecular complexity index is 1020. The monoisotopic (exact) mass is 442 g/mol. The van der Waals surface area contributed by atoms with Crippen LogP contribution in [0.25, 0.3) is 0 Å². The quantitative estimate of drug-likeness (QED) is 0.707. The molecule has 0 aromatic heterocycles. The zero-order valence-electron chi connectivity index (χ0n) is 17.8. The van der Waals surface area contributed by atoms with Gasteiger partial charge in [0.05, 0.1) is 22.3 Å². The molecule has 2 fully saturated rings. The van der Waals surface area contributed by atoms with E-state index >= 15 is 0 Å². The first-order valence-corrected chi connectivity index (χ1v) is 13.2. The van der Waals surface area contributed by atoms with Crippen molar-refractivity contribution < 1.29 is 21.6 Å². The summed E-state index contributed by atoms with van der Waals surface area (Å²) in [5.74, 6) is -0.694. The van der Waals surface area contributed by atoms with Crippen molar-refractivity contribution in [3.63, 3.8) is 0 Å². The van der Waals surface area contributed by atoms with Crippen molar-refractivity contribution >= 4 is 25.8 Å². The molecule has 0 bridgehead atoms. The number of hydrogen-bond donors (Lipinski definition) is 0.